The van der Waals surface area contributed by atoms with Gasteiger partial charge in [-0.3, -0.25) is 4.79 Å². The summed E-state index contributed by atoms with van der Waals surface area (Å²) in [6.45, 7) is 3.97. The highest BCUT2D eigenvalue weighted by molar-refractivity contribution is 7.17. The summed E-state index contributed by atoms with van der Waals surface area (Å²) in [4.78, 5) is 16.9. The molecule has 154 valence electrons. The quantitative estimate of drug-likeness (QED) is 0.363. The first-order valence-corrected chi connectivity index (χ1v) is 10.5. The van der Waals surface area contributed by atoms with Gasteiger partial charge in [0.2, 0.25) is 15.9 Å². The Kier molecular flexibility index (Phi) is 6.55. The van der Waals surface area contributed by atoms with E-state index < -0.39 is 10.4 Å². The van der Waals surface area contributed by atoms with E-state index in [1.165, 1.54) is 16.7 Å². The standard InChI is InChI=1S/C19H18Cl2F2N4OS/c1-3-11(4-2)24-15(28)10-9-14-16(12-7-5-6-8-13(12)20)25-18-27(14)26-17(29-18)19(21,22)23/h5-11H,3-4H2,1-2H3,(H,24,28)/b10-9+. The first kappa shape index (κ1) is 21.7. The Hall–Kier alpha value is -2.03. The van der Waals surface area contributed by atoms with Crippen molar-refractivity contribution in [1.29, 1.82) is 0 Å². The van der Waals surface area contributed by atoms with Crippen LogP contribution in [-0.4, -0.2) is 26.5 Å². The normalized spacial score (nSPS) is 12.4. The van der Waals surface area contributed by atoms with Crippen molar-refractivity contribution >= 4 is 51.5 Å². The zero-order valence-electron chi connectivity index (χ0n) is 15.6. The molecule has 0 radical (unpaired) electrons. The minimum atomic E-state index is -3.61. The number of nitrogens with zero attached hydrogens (tertiary/aromatic N) is 3. The summed E-state index contributed by atoms with van der Waals surface area (Å²) in [6.07, 6.45) is 4.43. The van der Waals surface area contributed by atoms with E-state index in [1.807, 2.05) is 13.8 Å². The molecule has 5 nitrogen and oxygen atoms in total. The second-order valence-corrected chi connectivity index (χ2v) is 8.12. The Morgan fingerprint density at radius 2 is 2.03 bits per heavy atom. The highest BCUT2D eigenvalue weighted by Gasteiger charge is 2.34. The maximum Gasteiger partial charge on any atom is 0.375 e. The van der Waals surface area contributed by atoms with Gasteiger partial charge in [0.1, 0.15) is 5.69 Å². The Bertz CT molecular complexity index is 1050. The van der Waals surface area contributed by atoms with Gasteiger partial charge in [0.15, 0.2) is 0 Å². The van der Waals surface area contributed by atoms with Gasteiger partial charge in [-0.05, 0) is 36.6 Å². The van der Waals surface area contributed by atoms with Crippen molar-refractivity contribution in [2.45, 2.75) is 38.1 Å². The molecule has 0 fully saturated rings. The molecule has 2 heterocycles. The van der Waals surface area contributed by atoms with Crippen LogP contribution in [-0.2, 0) is 10.2 Å². The molecule has 0 aliphatic heterocycles. The molecule has 0 unspecified atom stereocenters. The van der Waals surface area contributed by atoms with E-state index in [0.717, 1.165) is 12.8 Å². The average molecular weight is 459 g/mol. The van der Waals surface area contributed by atoms with Gasteiger partial charge in [-0.25, -0.2) is 9.50 Å². The molecular formula is C19H18Cl2F2N4OS. The number of carbonyl (C=O) groups is 1. The average Bonchev–Trinajstić information content (AvgIpc) is 3.23. The molecule has 0 saturated heterocycles. The third kappa shape index (κ3) is 4.76. The monoisotopic (exact) mass is 458 g/mol. The zero-order valence-corrected chi connectivity index (χ0v) is 18.0. The van der Waals surface area contributed by atoms with Crippen LogP contribution in [0.1, 0.15) is 37.4 Å². The van der Waals surface area contributed by atoms with Crippen LogP contribution in [0.4, 0.5) is 8.78 Å². The highest BCUT2D eigenvalue weighted by Crippen LogP contribution is 2.38. The van der Waals surface area contributed by atoms with Crippen molar-refractivity contribution in [2.24, 2.45) is 0 Å². The van der Waals surface area contributed by atoms with Gasteiger partial charge in [0.25, 0.3) is 0 Å². The lowest BCUT2D eigenvalue weighted by Crippen LogP contribution is -2.32. The summed E-state index contributed by atoms with van der Waals surface area (Å²) in [5, 5.41) is 3.04. The lowest BCUT2D eigenvalue weighted by molar-refractivity contribution is -0.117. The Morgan fingerprint density at radius 3 is 2.66 bits per heavy atom. The lowest BCUT2D eigenvalue weighted by Gasteiger charge is -2.12. The SMILES string of the molecule is CCC(CC)NC(=O)/C=C/c1c(-c2ccccc2Cl)nc2sc(C(F)(F)Cl)nn12. The van der Waals surface area contributed by atoms with Gasteiger partial charge < -0.3 is 5.32 Å². The van der Waals surface area contributed by atoms with Crippen LogP contribution in [0.5, 0.6) is 0 Å². The molecule has 0 aliphatic rings. The van der Waals surface area contributed by atoms with Crippen LogP contribution in [0.15, 0.2) is 30.3 Å². The third-order valence-electron chi connectivity index (χ3n) is 4.33. The van der Waals surface area contributed by atoms with E-state index in [2.05, 4.69) is 15.4 Å². The van der Waals surface area contributed by atoms with E-state index >= 15 is 0 Å². The summed E-state index contributed by atoms with van der Waals surface area (Å²) in [7, 11) is 0. The molecule has 0 bridgehead atoms. The number of rotatable bonds is 7. The molecule has 0 aliphatic carbocycles. The van der Waals surface area contributed by atoms with E-state index in [9.17, 15) is 13.6 Å². The summed E-state index contributed by atoms with van der Waals surface area (Å²) < 4.78 is 28.2. The topological polar surface area (TPSA) is 59.3 Å². The fourth-order valence-corrected chi connectivity index (χ4v) is 3.93. The van der Waals surface area contributed by atoms with Crippen LogP contribution in [0, 0.1) is 0 Å². The molecule has 1 aromatic carbocycles. The molecule has 3 aromatic rings. The number of imidazole rings is 1. The van der Waals surface area contributed by atoms with E-state index in [-0.39, 0.29) is 16.9 Å². The van der Waals surface area contributed by atoms with Crippen LogP contribution in [0.3, 0.4) is 0 Å². The summed E-state index contributed by atoms with van der Waals surface area (Å²) in [5.74, 6) is -0.295. The van der Waals surface area contributed by atoms with Crippen LogP contribution in [0.25, 0.3) is 22.3 Å². The Balaban J connectivity index is 2.07. The van der Waals surface area contributed by atoms with Crippen molar-refractivity contribution in [3.8, 4) is 11.3 Å². The predicted molar refractivity (Wildman–Crippen MR) is 113 cm³/mol. The maximum absolute atomic E-state index is 13.5. The number of fused-ring (bicyclic) bond motifs is 1. The second-order valence-electron chi connectivity index (χ2n) is 6.28. The van der Waals surface area contributed by atoms with Crippen LogP contribution >= 0.6 is 34.5 Å². The minimum absolute atomic E-state index is 0.0569. The second kappa shape index (κ2) is 8.77. The first-order chi connectivity index (χ1) is 13.7. The largest absolute Gasteiger partial charge is 0.375 e. The van der Waals surface area contributed by atoms with Gasteiger partial charge >= 0.3 is 5.38 Å². The fraction of sp³-hybridized carbons (Fsp3) is 0.316. The number of amides is 1. The predicted octanol–water partition coefficient (Wildman–Crippen LogP) is 5.72. The highest BCUT2D eigenvalue weighted by atomic mass is 35.5. The van der Waals surface area contributed by atoms with E-state index in [4.69, 9.17) is 23.2 Å². The van der Waals surface area contributed by atoms with Gasteiger partial charge in [0.05, 0.1) is 10.7 Å². The van der Waals surface area contributed by atoms with Gasteiger partial charge in [-0.15, -0.1) is 0 Å². The lowest BCUT2D eigenvalue weighted by atomic mass is 10.1. The molecule has 2 aromatic heterocycles. The van der Waals surface area contributed by atoms with Crippen molar-refractivity contribution in [1.82, 2.24) is 19.9 Å². The number of alkyl halides is 3. The maximum atomic E-state index is 13.5. The molecule has 3 rings (SSSR count). The van der Waals surface area contributed by atoms with Gasteiger partial charge in [0, 0.05) is 17.7 Å². The van der Waals surface area contributed by atoms with E-state index in [0.29, 0.717) is 33.3 Å². The van der Waals surface area contributed by atoms with Crippen molar-refractivity contribution in [2.75, 3.05) is 0 Å². The summed E-state index contributed by atoms with van der Waals surface area (Å²) in [5.41, 5.74) is 1.40. The third-order valence-corrected chi connectivity index (χ3v) is 5.93. The molecular weight excluding hydrogens is 441 g/mol. The van der Waals surface area contributed by atoms with Crippen molar-refractivity contribution < 1.29 is 13.6 Å². The number of aromatic nitrogens is 3. The number of hydrogen-bond acceptors (Lipinski definition) is 4. The molecule has 0 saturated carbocycles. The molecule has 1 N–H and O–H groups in total. The van der Waals surface area contributed by atoms with Crippen LogP contribution in [0.2, 0.25) is 5.02 Å². The Morgan fingerprint density at radius 1 is 1.34 bits per heavy atom. The van der Waals surface area contributed by atoms with Crippen molar-refractivity contribution in [3.63, 3.8) is 0 Å². The minimum Gasteiger partial charge on any atom is -0.350 e. The number of benzene rings is 1. The summed E-state index contributed by atoms with van der Waals surface area (Å²) in [6, 6.07) is 7.07. The van der Waals surface area contributed by atoms with Gasteiger partial charge in [-0.1, -0.05) is 55.0 Å². The number of carbonyl (C=O) groups excluding carboxylic acids is 1. The number of hydrogen-bond donors (Lipinski definition) is 1. The molecule has 29 heavy (non-hydrogen) atoms. The number of nitrogens with one attached hydrogen (secondary N) is 1. The van der Waals surface area contributed by atoms with Crippen molar-refractivity contribution in [3.05, 3.63) is 46.1 Å². The van der Waals surface area contributed by atoms with E-state index in [1.54, 1.807) is 24.3 Å². The molecule has 0 spiro atoms. The first-order valence-electron chi connectivity index (χ1n) is 8.94. The summed E-state index contributed by atoms with van der Waals surface area (Å²) >= 11 is 12.1. The smallest absolute Gasteiger partial charge is 0.350 e. The number of halogens is 4. The molecule has 0 atom stereocenters. The Labute approximate surface area is 180 Å². The molecule has 1 amide bonds. The van der Waals surface area contributed by atoms with Gasteiger partial charge in [-0.2, -0.15) is 13.9 Å². The fourth-order valence-electron chi connectivity index (χ4n) is 2.78. The molecule has 10 heteroatoms. The van der Waals surface area contributed by atoms with Crippen LogP contribution < -0.4 is 5.32 Å². The zero-order chi connectivity index (χ0) is 21.2.